The van der Waals surface area contributed by atoms with E-state index in [1.54, 1.807) is 0 Å². The molecule has 0 unspecified atom stereocenters. The molecule has 0 aliphatic carbocycles. The molecule has 0 bridgehead atoms. The third-order valence-corrected chi connectivity index (χ3v) is 3.74. The van der Waals surface area contributed by atoms with Crippen LogP contribution in [0.25, 0.3) is 0 Å². The summed E-state index contributed by atoms with van der Waals surface area (Å²) in [5.41, 5.74) is 5.94. The van der Waals surface area contributed by atoms with Gasteiger partial charge in [-0.25, -0.2) is 0 Å². The minimum atomic E-state index is 0.225. The van der Waals surface area contributed by atoms with Gasteiger partial charge in [-0.3, -0.25) is 9.79 Å². The van der Waals surface area contributed by atoms with Crippen LogP contribution in [0, 0.1) is 0 Å². The van der Waals surface area contributed by atoms with Crippen molar-refractivity contribution in [1.29, 1.82) is 0 Å². The third-order valence-electron chi connectivity index (χ3n) is 3.74. The van der Waals surface area contributed by atoms with Gasteiger partial charge in [-0.15, -0.1) is 0 Å². The minimum Gasteiger partial charge on any atom is -0.370 e. The van der Waals surface area contributed by atoms with Gasteiger partial charge < -0.3 is 15.5 Å². The lowest BCUT2D eigenvalue weighted by Crippen LogP contribution is -2.41. The van der Waals surface area contributed by atoms with Crippen LogP contribution in [-0.4, -0.2) is 54.4 Å². The second-order valence-corrected chi connectivity index (χ2v) is 5.13. The number of likely N-dealkylation sites (tertiary alicyclic amines) is 2. The third kappa shape index (κ3) is 3.62. The lowest BCUT2D eigenvalue weighted by Gasteiger charge is -2.27. The Hall–Kier alpha value is -1.26. The van der Waals surface area contributed by atoms with Crippen molar-refractivity contribution in [1.82, 2.24) is 9.80 Å². The molecular formula is C13H24N4O. The van der Waals surface area contributed by atoms with Crippen LogP contribution in [0.5, 0.6) is 0 Å². The van der Waals surface area contributed by atoms with Crippen molar-refractivity contribution in [3.8, 4) is 0 Å². The normalized spacial score (nSPS) is 21.4. The Labute approximate surface area is 109 Å². The molecule has 1 amide bonds. The molecule has 5 heteroatoms. The Kier molecular flexibility index (Phi) is 4.84. The molecule has 0 aromatic heterocycles. The number of nitrogens with two attached hydrogens (primary N) is 1. The molecule has 2 rings (SSSR count). The summed E-state index contributed by atoms with van der Waals surface area (Å²) >= 11 is 0. The minimum absolute atomic E-state index is 0.225. The Morgan fingerprint density at radius 1 is 0.944 bits per heavy atom. The van der Waals surface area contributed by atoms with E-state index in [4.69, 9.17) is 5.73 Å². The van der Waals surface area contributed by atoms with Gasteiger partial charge in [0.05, 0.1) is 6.54 Å². The van der Waals surface area contributed by atoms with Crippen LogP contribution >= 0.6 is 0 Å². The van der Waals surface area contributed by atoms with Crippen LogP contribution in [0.15, 0.2) is 4.99 Å². The van der Waals surface area contributed by atoms with E-state index < -0.39 is 0 Å². The summed E-state index contributed by atoms with van der Waals surface area (Å²) in [6.07, 6.45) is 6.47. The Bertz CT molecular complexity index is 304. The first-order chi connectivity index (χ1) is 8.77. The molecule has 5 nitrogen and oxygen atoms in total. The molecule has 102 valence electrons. The summed E-state index contributed by atoms with van der Waals surface area (Å²) in [5, 5.41) is 0. The molecule has 18 heavy (non-hydrogen) atoms. The molecule has 0 saturated carbocycles. The summed E-state index contributed by atoms with van der Waals surface area (Å²) in [4.78, 5) is 20.2. The Balaban J connectivity index is 1.70. The van der Waals surface area contributed by atoms with E-state index in [0.717, 1.165) is 39.0 Å². The highest BCUT2D eigenvalue weighted by Gasteiger charge is 2.17. The number of piperidine rings is 1. The lowest BCUT2D eigenvalue weighted by molar-refractivity contribution is -0.129. The van der Waals surface area contributed by atoms with Crippen molar-refractivity contribution in [2.45, 2.75) is 38.5 Å². The highest BCUT2D eigenvalue weighted by atomic mass is 16.2. The summed E-state index contributed by atoms with van der Waals surface area (Å²) in [6.45, 7) is 4.39. The van der Waals surface area contributed by atoms with Crippen LogP contribution in [0.1, 0.15) is 38.5 Å². The first kappa shape index (κ1) is 13.2. The zero-order chi connectivity index (χ0) is 12.8. The number of hydrogen-bond acceptors (Lipinski definition) is 2. The molecule has 2 N–H and O–H groups in total. The van der Waals surface area contributed by atoms with Crippen LogP contribution < -0.4 is 5.73 Å². The molecule has 2 fully saturated rings. The molecule has 2 aliphatic rings. The zero-order valence-electron chi connectivity index (χ0n) is 11.1. The number of aliphatic imine (C=N–C) groups is 1. The summed E-state index contributed by atoms with van der Waals surface area (Å²) in [5.74, 6) is 0.839. The number of guanidine groups is 1. The van der Waals surface area contributed by atoms with Gasteiger partial charge in [0.15, 0.2) is 5.96 Å². The smallest absolute Gasteiger partial charge is 0.224 e. The average molecular weight is 252 g/mol. The van der Waals surface area contributed by atoms with Gasteiger partial charge in [0.1, 0.15) is 0 Å². The monoisotopic (exact) mass is 252 g/mol. The topological polar surface area (TPSA) is 61.9 Å². The molecule has 2 heterocycles. The molecule has 2 aliphatic heterocycles. The van der Waals surface area contributed by atoms with E-state index >= 15 is 0 Å². The first-order valence-corrected chi connectivity index (χ1v) is 7.10. The highest BCUT2D eigenvalue weighted by Crippen LogP contribution is 2.10. The maximum atomic E-state index is 11.8. The number of carbonyl (C=O) groups is 1. The summed E-state index contributed by atoms with van der Waals surface area (Å²) < 4.78 is 0. The number of amides is 1. The second kappa shape index (κ2) is 6.61. The fraction of sp³-hybridized carbons (Fsp3) is 0.846. The van der Waals surface area contributed by atoms with Crippen LogP contribution in [-0.2, 0) is 4.79 Å². The number of hydrogen-bond donors (Lipinski definition) is 1. The SMILES string of the molecule is NC(=NCCC(=O)N1CCCC1)N1CCCCC1. The van der Waals surface area contributed by atoms with Gasteiger partial charge in [0.25, 0.3) is 0 Å². The first-order valence-electron chi connectivity index (χ1n) is 7.10. The molecule has 0 radical (unpaired) electrons. The predicted molar refractivity (Wildman–Crippen MR) is 72.3 cm³/mol. The van der Waals surface area contributed by atoms with Crippen molar-refractivity contribution >= 4 is 11.9 Å². The number of carbonyl (C=O) groups excluding carboxylic acids is 1. The van der Waals surface area contributed by atoms with Gasteiger partial charge in [0, 0.05) is 32.6 Å². The summed E-state index contributed by atoms with van der Waals surface area (Å²) in [7, 11) is 0. The van der Waals surface area contributed by atoms with Gasteiger partial charge in [-0.05, 0) is 32.1 Å². The number of nitrogens with zero attached hydrogens (tertiary/aromatic N) is 3. The van der Waals surface area contributed by atoms with E-state index in [-0.39, 0.29) is 5.91 Å². The fourth-order valence-corrected chi connectivity index (χ4v) is 2.61. The Morgan fingerprint density at radius 3 is 2.17 bits per heavy atom. The highest BCUT2D eigenvalue weighted by molar-refractivity contribution is 5.79. The standard InChI is InChI=1S/C13H24N4O/c14-13(17-10-2-1-3-11-17)15-7-6-12(18)16-8-4-5-9-16/h1-11H2,(H2,14,15). The van der Waals surface area contributed by atoms with Crippen LogP contribution in [0.2, 0.25) is 0 Å². The molecule has 0 spiro atoms. The predicted octanol–water partition coefficient (Wildman–Crippen LogP) is 0.799. The van der Waals surface area contributed by atoms with Crippen molar-refractivity contribution in [2.24, 2.45) is 10.7 Å². The van der Waals surface area contributed by atoms with E-state index in [1.165, 1.54) is 19.3 Å². The van der Waals surface area contributed by atoms with Crippen molar-refractivity contribution < 1.29 is 4.79 Å². The van der Waals surface area contributed by atoms with Crippen LogP contribution in [0.3, 0.4) is 0 Å². The van der Waals surface area contributed by atoms with Gasteiger partial charge >= 0.3 is 0 Å². The van der Waals surface area contributed by atoms with E-state index in [1.807, 2.05) is 4.90 Å². The summed E-state index contributed by atoms with van der Waals surface area (Å²) in [6, 6.07) is 0. The fourth-order valence-electron chi connectivity index (χ4n) is 2.61. The molecule has 0 aromatic rings. The maximum absolute atomic E-state index is 11.8. The van der Waals surface area contributed by atoms with Gasteiger partial charge in [-0.1, -0.05) is 0 Å². The average Bonchev–Trinajstić information content (AvgIpc) is 2.93. The molecule has 0 aromatic carbocycles. The van der Waals surface area contributed by atoms with E-state index in [2.05, 4.69) is 9.89 Å². The largest absolute Gasteiger partial charge is 0.370 e. The second-order valence-electron chi connectivity index (χ2n) is 5.13. The van der Waals surface area contributed by atoms with E-state index in [9.17, 15) is 4.79 Å². The van der Waals surface area contributed by atoms with Crippen LogP contribution in [0.4, 0.5) is 0 Å². The van der Waals surface area contributed by atoms with E-state index in [0.29, 0.717) is 18.9 Å². The molecule has 0 atom stereocenters. The zero-order valence-corrected chi connectivity index (χ0v) is 11.1. The number of rotatable bonds is 3. The quantitative estimate of drug-likeness (QED) is 0.597. The van der Waals surface area contributed by atoms with Crippen molar-refractivity contribution in [3.05, 3.63) is 0 Å². The van der Waals surface area contributed by atoms with Crippen molar-refractivity contribution in [3.63, 3.8) is 0 Å². The molecule has 2 saturated heterocycles. The van der Waals surface area contributed by atoms with Gasteiger partial charge in [-0.2, -0.15) is 0 Å². The van der Waals surface area contributed by atoms with Crippen molar-refractivity contribution in [2.75, 3.05) is 32.7 Å². The Morgan fingerprint density at radius 2 is 1.50 bits per heavy atom. The molecular weight excluding hydrogens is 228 g/mol. The van der Waals surface area contributed by atoms with Gasteiger partial charge in [0.2, 0.25) is 5.91 Å². The maximum Gasteiger partial charge on any atom is 0.224 e. The lowest BCUT2D eigenvalue weighted by atomic mass is 10.1.